The maximum Gasteiger partial charge on any atom is 0.232 e. The van der Waals surface area contributed by atoms with Crippen molar-refractivity contribution in [1.29, 1.82) is 0 Å². The van der Waals surface area contributed by atoms with E-state index in [1.807, 2.05) is 12.1 Å². The van der Waals surface area contributed by atoms with Crippen LogP contribution in [0.3, 0.4) is 0 Å². The molecule has 2 aromatic rings. The van der Waals surface area contributed by atoms with Crippen molar-refractivity contribution in [1.82, 2.24) is 14.8 Å². The first-order chi connectivity index (χ1) is 8.09. The number of nitrogens with two attached hydrogens (primary N) is 1. The number of nitrogens with zero attached hydrogens (tertiary/aromatic N) is 4. The van der Waals surface area contributed by atoms with Crippen molar-refractivity contribution in [2.45, 2.75) is 13.2 Å². The molecule has 6 heteroatoms. The summed E-state index contributed by atoms with van der Waals surface area (Å²) in [4.78, 5) is 5.59. The van der Waals surface area contributed by atoms with Crippen LogP contribution in [0.25, 0.3) is 5.69 Å². The number of halogens is 1. The van der Waals surface area contributed by atoms with Crippen LogP contribution in [0, 0.1) is 6.92 Å². The standard InChI is InChI=1S/C11H12FN5/c1-6-14-11-10(12)16(2)9-7(13)4-3-5-8(9)17(11)15-6/h3-5,10H,13H2,1-2H3. The number of hydrogen-bond acceptors (Lipinski definition) is 4. The molecule has 1 aliphatic heterocycles. The van der Waals surface area contributed by atoms with Gasteiger partial charge in [0.15, 0.2) is 5.82 Å². The Kier molecular flexibility index (Phi) is 1.89. The molecule has 0 spiro atoms. The highest BCUT2D eigenvalue weighted by Gasteiger charge is 2.32. The Bertz CT molecular complexity index is 592. The van der Waals surface area contributed by atoms with Gasteiger partial charge in [0.2, 0.25) is 6.30 Å². The molecular formula is C11H12FN5. The molecule has 17 heavy (non-hydrogen) atoms. The zero-order valence-electron chi connectivity index (χ0n) is 9.55. The molecule has 3 rings (SSSR count). The summed E-state index contributed by atoms with van der Waals surface area (Å²) in [6, 6.07) is 5.42. The summed E-state index contributed by atoms with van der Waals surface area (Å²) in [7, 11) is 1.66. The summed E-state index contributed by atoms with van der Waals surface area (Å²) >= 11 is 0. The second-order valence-electron chi connectivity index (χ2n) is 4.09. The minimum absolute atomic E-state index is 0.295. The number of benzene rings is 1. The summed E-state index contributed by atoms with van der Waals surface area (Å²) in [5, 5.41) is 4.20. The minimum Gasteiger partial charge on any atom is -0.397 e. The Morgan fingerprint density at radius 3 is 2.94 bits per heavy atom. The summed E-state index contributed by atoms with van der Waals surface area (Å²) in [6.07, 6.45) is -1.33. The lowest BCUT2D eigenvalue weighted by Gasteiger charge is -2.31. The van der Waals surface area contributed by atoms with Crippen LogP contribution in [0.1, 0.15) is 17.9 Å². The molecule has 0 saturated carbocycles. The Morgan fingerprint density at radius 1 is 1.41 bits per heavy atom. The van der Waals surface area contributed by atoms with Gasteiger partial charge in [0.25, 0.3) is 0 Å². The third-order valence-electron chi connectivity index (χ3n) is 2.92. The SMILES string of the molecule is Cc1nc2n(n1)-c1cccc(N)c1N(C)C2F. The second kappa shape index (κ2) is 3.19. The van der Waals surface area contributed by atoms with Crippen molar-refractivity contribution < 1.29 is 4.39 Å². The van der Waals surface area contributed by atoms with Crippen molar-refractivity contribution in [3.8, 4) is 5.69 Å². The highest BCUT2D eigenvalue weighted by Crippen LogP contribution is 2.40. The number of alkyl halides is 1. The predicted molar refractivity (Wildman–Crippen MR) is 62.8 cm³/mol. The Balaban J connectivity index is 2.35. The molecule has 1 unspecified atom stereocenters. The van der Waals surface area contributed by atoms with Crippen molar-refractivity contribution in [3.63, 3.8) is 0 Å². The number of anilines is 2. The molecule has 5 nitrogen and oxygen atoms in total. The summed E-state index contributed by atoms with van der Waals surface area (Å²) in [5.41, 5.74) is 7.83. The number of fused-ring (bicyclic) bond motifs is 3. The molecule has 0 fully saturated rings. The van der Waals surface area contributed by atoms with E-state index in [2.05, 4.69) is 10.1 Å². The van der Waals surface area contributed by atoms with Crippen LogP contribution < -0.4 is 10.6 Å². The third-order valence-corrected chi connectivity index (χ3v) is 2.92. The lowest BCUT2D eigenvalue weighted by molar-refractivity contribution is 0.312. The van der Waals surface area contributed by atoms with E-state index >= 15 is 0 Å². The molecular weight excluding hydrogens is 221 g/mol. The van der Waals surface area contributed by atoms with Gasteiger partial charge < -0.3 is 10.6 Å². The number of rotatable bonds is 0. The minimum atomic E-state index is -1.33. The molecule has 2 heterocycles. The fourth-order valence-electron chi connectivity index (χ4n) is 2.15. The van der Waals surface area contributed by atoms with E-state index in [-0.39, 0.29) is 0 Å². The topological polar surface area (TPSA) is 60.0 Å². The largest absolute Gasteiger partial charge is 0.397 e. The van der Waals surface area contributed by atoms with Crippen molar-refractivity contribution in [3.05, 3.63) is 29.8 Å². The second-order valence-corrected chi connectivity index (χ2v) is 4.09. The van der Waals surface area contributed by atoms with Crippen LogP contribution in [0.2, 0.25) is 0 Å². The number of hydrogen-bond donors (Lipinski definition) is 1. The van der Waals surface area contributed by atoms with Gasteiger partial charge in [0.1, 0.15) is 5.82 Å². The average Bonchev–Trinajstić information content (AvgIpc) is 2.68. The van der Waals surface area contributed by atoms with Gasteiger partial charge in [-0.2, -0.15) is 5.10 Å². The molecule has 2 N–H and O–H groups in total. The van der Waals surface area contributed by atoms with E-state index in [0.717, 1.165) is 5.69 Å². The van der Waals surface area contributed by atoms with Gasteiger partial charge >= 0.3 is 0 Å². The van der Waals surface area contributed by atoms with Crippen LogP contribution in [0.15, 0.2) is 18.2 Å². The van der Waals surface area contributed by atoms with Crippen molar-refractivity contribution >= 4 is 11.4 Å². The number of para-hydroxylation sites is 1. The van der Waals surface area contributed by atoms with Crippen molar-refractivity contribution in [2.24, 2.45) is 0 Å². The maximum absolute atomic E-state index is 14.2. The number of aryl methyl sites for hydroxylation is 1. The molecule has 1 atom stereocenters. The number of nitrogen functional groups attached to an aromatic ring is 1. The van der Waals surface area contributed by atoms with Gasteiger partial charge in [0.05, 0.1) is 17.1 Å². The normalized spacial score (nSPS) is 17.8. The third kappa shape index (κ3) is 1.23. The molecule has 0 radical (unpaired) electrons. The number of aromatic nitrogens is 3. The van der Waals surface area contributed by atoms with Gasteiger partial charge in [-0.05, 0) is 19.1 Å². The molecule has 0 bridgehead atoms. The van der Waals surface area contributed by atoms with E-state index in [0.29, 0.717) is 23.0 Å². The summed E-state index contributed by atoms with van der Waals surface area (Å²) in [5.74, 6) is 0.842. The Hall–Kier alpha value is -2.11. The van der Waals surface area contributed by atoms with E-state index in [1.165, 1.54) is 9.58 Å². The van der Waals surface area contributed by atoms with Crippen LogP contribution >= 0.6 is 0 Å². The highest BCUT2D eigenvalue weighted by molar-refractivity contribution is 5.78. The first-order valence-corrected chi connectivity index (χ1v) is 5.29. The van der Waals surface area contributed by atoms with Gasteiger partial charge in [0, 0.05) is 7.05 Å². The van der Waals surface area contributed by atoms with E-state index in [9.17, 15) is 4.39 Å². The van der Waals surface area contributed by atoms with E-state index < -0.39 is 6.30 Å². The smallest absolute Gasteiger partial charge is 0.232 e. The van der Waals surface area contributed by atoms with E-state index in [4.69, 9.17) is 5.73 Å². The fourth-order valence-corrected chi connectivity index (χ4v) is 2.15. The van der Waals surface area contributed by atoms with Crippen LogP contribution in [-0.4, -0.2) is 21.8 Å². The molecule has 1 aromatic carbocycles. The summed E-state index contributed by atoms with van der Waals surface area (Å²) < 4.78 is 15.7. The van der Waals surface area contributed by atoms with Crippen molar-refractivity contribution in [2.75, 3.05) is 17.7 Å². The Labute approximate surface area is 97.7 Å². The maximum atomic E-state index is 14.2. The first-order valence-electron chi connectivity index (χ1n) is 5.29. The Morgan fingerprint density at radius 2 is 2.18 bits per heavy atom. The molecule has 1 aromatic heterocycles. The average molecular weight is 233 g/mol. The molecule has 0 saturated heterocycles. The lowest BCUT2D eigenvalue weighted by atomic mass is 10.1. The summed E-state index contributed by atoms with van der Waals surface area (Å²) in [6.45, 7) is 1.74. The zero-order chi connectivity index (χ0) is 12.2. The van der Waals surface area contributed by atoms with Gasteiger partial charge in [-0.3, -0.25) is 0 Å². The van der Waals surface area contributed by atoms with E-state index in [1.54, 1.807) is 20.0 Å². The molecule has 1 aliphatic rings. The van der Waals surface area contributed by atoms with Crippen LogP contribution in [0.4, 0.5) is 15.8 Å². The first kappa shape index (κ1) is 10.1. The van der Waals surface area contributed by atoms with Gasteiger partial charge in [-0.1, -0.05) is 6.07 Å². The quantitative estimate of drug-likeness (QED) is 0.554. The zero-order valence-corrected chi connectivity index (χ0v) is 9.55. The molecule has 0 aliphatic carbocycles. The monoisotopic (exact) mass is 233 g/mol. The van der Waals surface area contributed by atoms with Gasteiger partial charge in [-0.15, -0.1) is 0 Å². The highest BCUT2D eigenvalue weighted by atomic mass is 19.1. The fraction of sp³-hybridized carbons (Fsp3) is 0.273. The predicted octanol–water partition coefficient (Wildman–Crippen LogP) is 1.58. The molecule has 88 valence electrons. The molecule has 0 amide bonds. The van der Waals surface area contributed by atoms with Gasteiger partial charge in [-0.25, -0.2) is 14.1 Å². The lowest BCUT2D eigenvalue weighted by Crippen LogP contribution is -2.30. The van der Waals surface area contributed by atoms with Crippen LogP contribution in [0.5, 0.6) is 0 Å². The van der Waals surface area contributed by atoms with Crippen LogP contribution in [-0.2, 0) is 0 Å².